The second kappa shape index (κ2) is 15.6. The first-order chi connectivity index (χ1) is 14.8. The molecule has 0 unspecified atom stereocenters. The maximum atomic E-state index is 6.32. The Morgan fingerprint density at radius 1 is 0.800 bits per heavy atom. The summed E-state index contributed by atoms with van der Waals surface area (Å²) >= 11 is 0. The number of aryl methyl sites for hydroxylation is 1. The van der Waals surface area contributed by atoms with Gasteiger partial charge < -0.3 is 9.47 Å². The van der Waals surface area contributed by atoms with Gasteiger partial charge in [0.1, 0.15) is 0 Å². The van der Waals surface area contributed by atoms with E-state index in [0.29, 0.717) is 0 Å². The number of benzene rings is 1. The summed E-state index contributed by atoms with van der Waals surface area (Å²) < 4.78 is 12.0. The van der Waals surface area contributed by atoms with E-state index in [4.69, 9.17) is 9.47 Å². The summed E-state index contributed by atoms with van der Waals surface area (Å²) in [7, 11) is 1.77. The summed E-state index contributed by atoms with van der Waals surface area (Å²) in [6.45, 7) is 8.69. The third-order valence-electron chi connectivity index (χ3n) is 6.41. The summed E-state index contributed by atoms with van der Waals surface area (Å²) in [5.41, 5.74) is 2.64. The Morgan fingerprint density at radius 2 is 1.43 bits per heavy atom. The molecule has 172 valence electrons. The van der Waals surface area contributed by atoms with Crippen LogP contribution in [0.5, 0.6) is 11.5 Å². The third kappa shape index (κ3) is 9.29. The molecule has 0 aliphatic carbocycles. The van der Waals surface area contributed by atoms with E-state index in [1.165, 1.54) is 101 Å². The molecule has 3 nitrogen and oxygen atoms in total. The molecular formula is C27H47NO2. The first-order valence-electron chi connectivity index (χ1n) is 12.8. The molecule has 3 heteroatoms. The summed E-state index contributed by atoms with van der Waals surface area (Å²) in [4.78, 5) is 2.57. The van der Waals surface area contributed by atoms with Gasteiger partial charge in [0.25, 0.3) is 0 Å². The molecule has 0 N–H and O–H groups in total. The van der Waals surface area contributed by atoms with Gasteiger partial charge in [-0.15, -0.1) is 0 Å². The van der Waals surface area contributed by atoms with Crippen LogP contribution in [0.25, 0.3) is 0 Å². The van der Waals surface area contributed by atoms with E-state index in [9.17, 15) is 0 Å². The van der Waals surface area contributed by atoms with Crippen LogP contribution < -0.4 is 9.47 Å². The monoisotopic (exact) mass is 417 g/mol. The smallest absolute Gasteiger partial charge is 0.165 e. The van der Waals surface area contributed by atoms with Crippen LogP contribution in [0.1, 0.15) is 108 Å². The van der Waals surface area contributed by atoms with Gasteiger partial charge >= 0.3 is 0 Å². The summed E-state index contributed by atoms with van der Waals surface area (Å²) in [5.74, 6) is 1.89. The van der Waals surface area contributed by atoms with Gasteiger partial charge in [0.2, 0.25) is 0 Å². The predicted molar refractivity (Wildman–Crippen MR) is 129 cm³/mol. The average molecular weight is 418 g/mol. The number of unbranched alkanes of at least 4 members (excludes halogenated alkanes) is 9. The molecule has 1 aromatic carbocycles. The molecule has 2 rings (SSSR count). The lowest BCUT2D eigenvalue weighted by molar-refractivity contribution is 0.213. The highest BCUT2D eigenvalue weighted by Gasteiger charge is 2.17. The number of piperidine rings is 1. The first-order valence-corrected chi connectivity index (χ1v) is 12.8. The molecule has 0 amide bonds. The zero-order chi connectivity index (χ0) is 21.4. The fourth-order valence-corrected chi connectivity index (χ4v) is 4.48. The number of hydrogen-bond acceptors (Lipinski definition) is 3. The van der Waals surface area contributed by atoms with Crippen molar-refractivity contribution in [2.45, 2.75) is 110 Å². The minimum absolute atomic E-state index is 0.797. The summed E-state index contributed by atoms with van der Waals surface area (Å²) in [6, 6.07) is 4.50. The highest BCUT2D eigenvalue weighted by atomic mass is 16.5. The molecule has 0 spiro atoms. The minimum Gasteiger partial charge on any atom is -0.493 e. The van der Waals surface area contributed by atoms with Gasteiger partial charge in [0.05, 0.1) is 13.7 Å². The number of likely N-dealkylation sites (tertiary alicyclic amines) is 1. The zero-order valence-electron chi connectivity index (χ0n) is 20.1. The Morgan fingerprint density at radius 3 is 2.03 bits per heavy atom. The molecule has 30 heavy (non-hydrogen) atoms. The van der Waals surface area contributed by atoms with Gasteiger partial charge in [0, 0.05) is 12.1 Å². The van der Waals surface area contributed by atoms with E-state index in [0.717, 1.165) is 37.5 Å². The number of ether oxygens (including phenoxy) is 2. The average Bonchev–Trinajstić information content (AvgIpc) is 2.78. The molecule has 1 heterocycles. The molecule has 1 aliphatic heterocycles. The van der Waals surface area contributed by atoms with E-state index in [1.54, 1.807) is 7.11 Å². The standard InChI is InChI=1S/C27H47NO2/c1-4-6-7-8-9-10-11-12-13-17-20-30-27-25(23-28-18-15-14-16-19-28)21-24(5-2)22-26(27)29-3/h21-22H,4-20,23H2,1-3H3. The fourth-order valence-electron chi connectivity index (χ4n) is 4.48. The van der Waals surface area contributed by atoms with Crippen molar-refractivity contribution in [3.63, 3.8) is 0 Å². The molecule has 1 fully saturated rings. The second-order valence-corrected chi connectivity index (χ2v) is 9.01. The van der Waals surface area contributed by atoms with Crippen LogP contribution in [-0.4, -0.2) is 31.7 Å². The Balaban J connectivity index is 1.77. The second-order valence-electron chi connectivity index (χ2n) is 9.01. The number of nitrogens with zero attached hydrogens (tertiary/aromatic N) is 1. The highest BCUT2D eigenvalue weighted by Crippen LogP contribution is 2.34. The maximum absolute atomic E-state index is 6.32. The highest BCUT2D eigenvalue weighted by molar-refractivity contribution is 5.49. The van der Waals surface area contributed by atoms with Gasteiger partial charge in [-0.25, -0.2) is 0 Å². The predicted octanol–water partition coefficient (Wildman–Crippen LogP) is 7.54. The Bertz CT molecular complexity index is 566. The molecule has 1 aromatic rings. The van der Waals surface area contributed by atoms with Gasteiger partial charge in [-0.3, -0.25) is 4.90 Å². The number of rotatable bonds is 16. The SMILES string of the molecule is CCCCCCCCCCCCOc1c(CN2CCCCC2)cc(CC)cc1OC. The first kappa shape index (κ1) is 25.0. The van der Waals surface area contributed by atoms with Crippen LogP contribution in [0, 0.1) is 0 Å². The van der Waals surface area contributed by atoms with E-state index in [-0.39, 0.29) is 0 Å². The zero-order valence-corrected chi connectivity index (χ0v) is 20.1. The van der Waals surface area contributed by atoms with Crippen molar-refractivity contribution in [2.24, 2.45) is 0 Å². The van der Waals surface area contributed by atoms with Crippen molar-refractivity contribution in [3.8, 4) is 11.5 Å². The van der Waals surface area contributed by atoms with E-state index >= 15 is 0 Å². The van der Waals surface area contributed by atoms with Crippen molar-refractivity contribution in [2.75, 3.05) is 26.8 Å². The van der Waals surface area contributed by atoms with Gasteiger partial charge in [0.15, 0.2) is 11.5 Å². The molecule has 0 radical (unpaired) electrons. The van der Waals surface area contributed by atoms with Crippen molar-refractivity contribution in [1.82, 2.24) is 4.90 Å². The lowest BCUT2D eigenvalue weighted by Gasteiger charge is -2.28. The minimum atomic E-state index is 0.797. The van der Waals surface area contributed by atoms with E-state index in [1.807, 2.05) is 0 Å². The Kier molecular flexibility index (Phi) is 13.0. The lowest BCUT2D eigenvalue weighted by atomic mass is 10.0. The van der Waals surface area contributed by atoms with Crippen molar-refractivity contribution in [1.29, 1.82) is 0 Å². The van der Waals surface area contributed by atoms with Gasteiger partial charge in [-0.2, -0.15) is 0 Å². The largest absolute Gasteiger partial charge is 0.493 e. The van der Waals surface area contributed by atoms with Crippen LogP contribution in [0.3, 0.4) is 0 Å². The van der Waals surface area contributed by atoms with Crippen LogP contribution in [0.2, 0.25) is 0 Å². The van der Waals surface area contributed by atoms with Crippen molar-refractivity contribution in [3.05, 3.63) is 23.3 Å². The van der Waals surface area contributed by atoms with E-state index in [2.05, 4.69) is 30.9 Å². The fraction of sp³-hybridized carbons (Fsp3) is 0.778. The Hall–Kier alpha value is -1.22. The molecule has 0 saturated carbocycles. The van der Waals surface area contributed by atoms with Gasteiger partial charge in [-0.1, -0.05) is 84.1 Å². The maximum Gasteiger partial charge on any atom is 0.165 e. The summed E-state index contributed by atoms with van der Waals surface area (Å²) in [6.07, 6.45) is 18.6. The quantitative estimate of drug-likeness (QED) is 0.259. The normalized spacial score (nSPS) is 14.8. The molecule has 0 atom stereocenters. The lowest BCUT2D eigenvalue weighted by Crippen LogP contribution is -2.29. The topological polar surface area (TPSA) is 21.7 Å². The molecule has 1 saturated heterocycles. The summed E-state index contributed by atoms with van der Waals surface area (Å²) in [5, 5.41) is 0. The third-order valence-corrected chi connectivity index (χ3v) is 6.41. The molecule has 0 aromatic heterocycles. The molecular weight excluding hydrogens is 370 g/mol. The number of hydrogen-bond donors (Lipinski definition) is 0. The van der Waals surface area contributed by atoms with Crippen LogP contribution >= 0.6 is 0 Å². The van der Waals surface area contributed by atoms with Crippen molar-refractivity contribution < 1.29 is 9.47 Å². The van der Waals surface area contributed by atoms with Crippen LogP contribution in [0.4, 0.5) is 0 Å². The van der Waals surface area contributed by atoms with E-state index < -0.39 is 0 Å². The molecule has 1 aliphatic rings. The molecule has 0 bridgehead atoms. The van der Waals surface area contributed by atoms with Crippen molar-refractivity contribution >= 4 is 0 Å². The van der Waals surface area contributed by atoms with Crippen LogP contribution in [0.15, 0.2) is 12.1 Å². The Labute approximate surface area is 186 Å². The number of methoxy groups -OCH3 is 1. The van der Waals surface area contributed by atoms with Gasteiger partial charge in [-0.05, 0) is 50.4 Å². The van der Waals surface area contributed by atoms with Crippen LogP contribution in [-0.2, 0) is 13.0 Å².